The first-order valence-electron chi connectivity index (χ1n) is 9.20. The summed E-state index contributed by atoms with van der Waals surface area (Å²) < 4.78 is 11.1. The molecule has 2 aromatic carbocycles. The smallest absolute Gasteiger partial charge is 0.255 e. The zero-order chi connectivity index (χ0) is 20.4. The molecule has 0 saturated carbocycles. The summed E-state index contributed by atoms with van der Waals surface area (Å²) >= 11 is 5.99. The number of fused-ring (bicyclic) bond motifs is 1. The number of amides is 1. The Morgan fingerprint density at radius 3 is 2.79 bits per heavy atom. The van der Waals surface area contributed by atoms with Crippen LogP contribution in [0.25, 0.3) is 11.3 Å². The van der Waals surface area contributed by atoms with Gasteiger partial charge in [0.25, 0.3) is 5.91 Å². The molecular weight excluding hydrogens is 394 g/mol. The molecule has 2 atom stereocenters. The van der Waals surface area contributed by atoms with Gasteiger partial charge in [-0.15, -0.1) is 0 Å². The highest BCUT2D eigenvalue weighted by Crippen LogP contribution is 2.35. The van der Waals surface area contributed by atoms with E-state index in [0.29, 0.717) is 46.6 Å². The van der Waals surface area contributed by atoms with Gasteiger partial charge in [0.2, 0.25) is 0 Å². The standard InChI is InChI=1S/C21H20ClN3O4/c1-12(20(26)14-3-2-4-15(22)9-14)24-21(27)16-11-23-25-19(16)13-5-6-17-18(10-13)29-8-7-28-17/h2-6,9-12,20,26H,7-8H2,1H3,(H,23,25)(H,24,27). The number of halogens is 1. The van der Waals surface area contributed by atoms with Crippen molar-refractivity contribution in [3.63, 3.8) is 0 Å². The zero-order valence-corrected chi connectivity index (χ0v) is 16.4. The molecule has 1 aliphatic rings. The number of rotatable bonds is 5. The number of nitrogens with zero attached hydrogens (tertiary/aromatic N) is 1. The second kappa shape index (κ2) is 8.14. The number of aromatic nitrogens is 2. The molecule has 0 radical (unpaired) electrons. The molecule has 0 fully saturated rings. The average Bonchev–Trinajstić information content (AvgIpc) is 3.23. The molecule has 1 aromatic heterocycles. The van der Waals surface area contributed by atoms with E-state index in [9.17, 15) is 9.90 Å². The lowest BCUT2D eigenvalue weighted by Gasteiger charge is -2.21. The van der Waals surface area contributed by atoms with Gasteiger partial charge in [-0.3, -0.25) is 9.89 Å². The van der Waals surface area contributed by atoms with Gasteiger partial charge in [0.1, 0.15) is 13.2 Å². The molecule has 3 N–H and O–H groups in total. The fourth-order valence-corrected chi connectivity index (χ4v) is 3.42. The SMILES string of the molecule is CC(NC(=O)c1cn[nH]c1-c1ccc2c(c1)OCCO2)C(O)c1cccc(Cl)c1. The van der Waals surface area contributed by atoms with Crippen LogP contribution in [0.15, 0.2) is 48.7 Å². The Morgan fingerprint density at radius 1 is 1.21 bits per heavy atom. The summed E-state index contributed by atoms with van der Waals surface area (Å²) in [7, 11) is 0. The van der Waals surface area contributed by atoms with Gasteiger partial charge in [-0.1, -0.05) is 23.7 Å². The van der Waals surface area contributed by atoms with E-state index >= 15 is 0 Å². The van der Waals surface area contributed by atoms with Gasteiger partial charge in [0.15, 0.2) is 11.5 Å². The van der Waals surface area contributed by atoms with Crippen LogP contribution in [-0.2, 0) is 0 Å². The number of aromatic amines is 1. The summed E-state index contributed by atoms with van der Waals surface area (Å²) in [6, 6.07) is 11.8. The Hall–Kier alpha value is -3.03. The number of ether oxygens (including phenoxy) is 2. The van der Waals surface area contributed by atoms with Crippen molar-refractivity contribution in [3.8, 4) is 22.8 Å². The second-order valence-electron chi connectivity index (χ2n) is 6.78. The van der Waals surface area contributed by atoms with Gasteiger partial charge in [-0.05, 0) is 42.8 Å². The quantitative estimate of drug-likeness (QED) is 0.596. The van der Waals surface area contributed by atoms with Crippen LogP contribution in [0.2, 0.25) is 5.02 Å². The molecule has 4 rings (SSSR count). The molecule has 150 valence electrons. The fourth-order valence-electron chi connectivity index (χ4n) is 3.22. The maximum absolute atomic E-state index is 12.8. The molecule has 7 nitrogen and oxygen atoms in total. The first-order valence-corrected chi connectivity index (χ1v) is 9.58. The summed E-state index contributed by atoms with van der Waals surface area (Å²) in [6.45, 7) is 2.72. The van der Waals surface area contributed by atoms with Crippen LogP contribution in [0.1, 0.15) is 28.9 Å². The Kier molecular flexibility index (Phi) is 5.42. The third-order valence-corrected chi connectivity index (χ3v) is 4.97. The molecule has 0 spiro atoms. The molecule has 1 amide bonds. The second-order valence-corrected chi connectivity index (χ2v) is 7.22. The predicted octanol–water partition coefficient (Wildman–Crippen LogP) is 3.35. The van der Waals surface area contributed by atoms with Gasteiger partial charge < -0.3 is 19.9 Å². The summed E-state index contributed by atoms with van der Waals surface area (Å²) in [5.41, 5.74) is 2.31. The monoisotopic (exact) mass is 413 g/mol. The van der Waals surface area contributed by atoms with E-state index in [1.807, 2.05) is 12.1 Å². The van der Waals surface area contributed by atoms with Crippen molar-refractivity contribution in [2.45, 2.75) is 19.1 Å². The third kappa shape index (κ3) is 4.06. The average molecular weight is 414 g/mol. The van der Waals surface area contributed by atoms with Crippen LogP contribution in [0.3, 0.4) is 0 Å². The van der Waals surface area contributed by atoms with E-state index in [4.69, 9.17) is 21.1 Å². The minimum atomic E-state index is -0.901. The van der Waals surface area contributed by atoms with Gasteiger partial charge in [-0.25, -0.2) is 0 Å². The number of carbonyl (C=O) groups is 1. The lowest BCUT2D eigenvalue weighted by molar-refractivity contribution is 0.0853. The number of aliphatic hydroxyl groups excluding tert-OH is 1. The normalized spacial score (nSPS) is 14.9. The summed E-state index contributed by atoms with van der Waals surface area (Å²) in [5, 5.41) is 20.8. The van der Waals surface area contributed by atoms with Crippen molar-refractivity contribution in [1.29, 1.82) is 0 Å². The molecule has 0 bridgehead atoms. The van der Waals surface area contributed by atoms with E-state index in [1.165, 1.54) is 6.20 Å². The molecule has 3 aromatic rings. The number of nitrogens with one attached hydrogen (secondary N) is 2. The maximum Gasteiger partial charge on any atom is 0.255 e. The molecule has 0 saturated heterocycles. The molecule has 29 heavy (non-hydrogen) atoms. The van der Waals surface area contributed by atoms with Crippen molar-refractivity contribution >= 4 is 17.5 Å². The maximum atomic E-state index is 12.8. The van der Waals surface area contributed by atoms with Crippen LogP contribution < -0.4 is 14.8 Å². The summed E-state index contributed by atoms with van der Waals surface area (Å²) in [6.07, 6.45) is 0.558. The van der Waals surface area contributed by atoms with Gasteiger partial charge in [0.05, 0.1) is 29.6 Å². The topological polar surface area (TPSA) is 96.5 Å². The molecule has 0 aliphatic carbocycles. The fraction of sp³-hybridized carbons (Fsp3) is 0.238. The van der Waals surface area contributed by atoms with Gasteiger partial charge in [-0.2, -0.15) is 5.10 Å². The van der Waals surface area contributed by atoms with E-state index in [-0.39, 0.29) is 5.91 Å². The first-order chi connectivity index (χ1) is 14.0. The first kappa shape index (κ1) is 19.3. The lowest BCUT2D eigenvalue weighted by Crippen LogP contribution is -2.37. The van der Waals surface area contributed by atoms with Crippen molar-refractivity contribution in [2.75, 3.05) is 13.2 Å². The molecular formula is C21H20ClN3O4. The minimum absolute atomic E-state index is 0.350. The van der Waals surface area contributed by atoms with Crippen molar-refractivity contribution < 1.29 is 19.4 Å². The number of carbonyl (C=O) groups excluding carboxylic acids is 1. The number of hydrogen-bond acceptors (Lipinski definition) is 5. The van der Waals surface area contributed by atoms with Crippen LogP contribution in [0.5, 0.6) is 11.5 Å². The van der Waals surface area contributed by atoms with Gasteiger partial charge >= 0.3 is 0 Å². The van der Waals surface area contributed by atoms with E-state index in [2.05, 4.69) is 15.5 Å². The largest absolute Gasteiger partial charge is 0.486 e. The molecule has 2 heterocycles. The highest BCUT2D eigenvalue weighted by Gasteiger charge is 2.23. The van der Waals surface area contributed by atoms with Crippen molar-refractivity contribution in [1.82, 2.24) is 15.5 Å². The Balaban J connectivity index is 1.52. The van der Waals surface area contributed by atoms with E-state index < -0.39 is 12.1 Å². The Bertz CT molecular complexity index is 1040. The Morgan fingerprint density at radius 2 is 2.00 bits per heavy atom. The van der Waals surface area contributed by atoms with Crippen LogP contribution >= 0.6 is 11.6 Å². The number of benzene rings is 2. The Labute approximate surface area is 172 Å². The van der Waals surface area contributed by atoms with Crippen LogP contribution in [0, 0.1) is 0 Å². The van der Waals surface area contributed by atoms with Crippen molar-refractivity contribution in [2.24, 2.45) is 0 Å². The highest BCUT2D eigenvalue weighted by molar-refractivity contribution is 6.30. The molecule has 2 unspecified atom stereocenters. The highest BCUT2D eigenvalue weighted by atomic mass is 35.5. The summed E-state index contributed by atoms with van der Waals surface area (Å²) in [5.74, 6) is 0.945. The minimum Gasteiger partial charge on any atom is -0.486 e. The number of aliphatic hydroxyl groups is 1. The van der Waals surface area contributed by atoms with Gasteiger partial charge in [0, 0.05) is 10.6 Å². The zero-order valence-electron chi connectivity index (χ0n) is 15.7. The number of hydrogen-bond donors (Lipinski definition) is 3. The van der Waals surface area contributed by atoms with E-state index in [1.54, 1.807) is 37.3 Å². The van der Waals surface area contributed by atoms with Crippen molar-refractivity contribution in [3.05, 3.63) is 64.8 Å². The van der Waals surface area contributed by atoms with E-state index in [0.717, 1.165) is 5.56 Å². The lowest BCUT2D eigenvalue weighted by atomic mass is 10.0. The molecule has 8 heteroatoms. The third-order valence-electron chi connectivity index (χ3n) is 4.74. The van der Waals surface area contributed by atoms with Crippen LogP contribution in [-0.4, -0.2) is 40.5 Å². The van der Waals surface area contributed by atoms with Crippen LogP contribution in [0.4, 0.5) is 0 Å². The predicted molar refractivity (Wildman–Crippen MR) is 108 cm³/mol. The summed E-state index contributed by atoms with van der Waals surface area (Å²) in [4.78, 5) is 12.8. The molecule has 1 aliphatic heterocycles. The number of H-pyrrole nitrogens is 1.